The minimum Gasteiger partial charge on any atom is -0.487 e. The van der Waals surface area contributed by atoms with Crippen LogP contribution in [0, 0.1) is 0 Å². The molecule has 0 aromatic heterocycles. The third-order valence-electron chi connectivity index (χ3n) is 6.33. The van der Waals surface area contributed by atoms with Crippen molar-refractivity contribution in [3.63, 3.8) is 0 Å². The molecule has 2 aromatic carbocycles. The third kappa shape index (κ3) is 3.87. The molecule has 2 N–H and O–H groups in total. The van der Waals surface area contributed by atoms with Gasteiger partial charge in [0.25, 0.3) is 5.91 Å². The van der Waals surface area contributed by atoms with Crippen LogP contribution in [0.1, 0.15) is 41.5 Å². The molecule has 5 heteroatoms. The zero-order valence-corrected chi connectivity index (χ0v) is 17.4. The van der Waals surface area contributed by atoms with Crippen LogP contribution in [0.25, 0.3) is 11.3 Å². The van der Waals surface area contributed by atoms with E-state index >= 15 is 0 Å². The van der Waals surface area contributed by atoms with Gasteiger partial charge >= 0.3 is 0 Å². The Kier molecular flexibility index (Phi) is 5.56. The lowest BCUT2D eigenvalue weighted by atomic mass is 9.98. The summed E-state index contributed by atoms with van der Waals surface area (Å²) in [6.45, 7) is 6.23. The number of piperidine rings is 1. The number of benzene rings is 2. The monoisotopic (exact) mass is 403 g/mol. The Morgan fingerprint density at radius 3 is 2.77 bits per heavy atom. The van der Waals surface area contributed by atoms with E-state index in [0.717, 1.165) is 42.9 Å². The number of nitrogens with one attached hydrogen (secondary N) is 2. The van der Waals surface area contributed by atoms with Gasteiger partial charge in [-0.05, 0) is 50.5 Å². The van der Waals surface area contributed by atoms with Gasteiger partial charge in [-0.2, -0.15) is 0 Å². The molecule has 0 saturated carbocycles. The van der Waals surface area contributed by atoms with Gasteiger partial charge in [0.15, 0.2) is 0 Å². The van der Waals surface area contributed by atoms with Gasteiger partial charge in [-0.25, -0.2) is 0 Å². The lowest BCUT2D eigenvalue weighted by Crippen LogP contribution is -2.36. The van der Waals surface area contributed by atoms with E-state index in [1.165, 1.54) is 43.5 Å². The Labute approximate surface area is 178 Å². The number of likely N-dealkylation sites (tertiary alicyclic amines) is 1. The first kappa shape index (κ1) is 19.3. The first-order valence-corrected chi connectivity index (χ1v) is 11.1. The highest BCUT2D eigenvalue weighted by molar-refractivity contribution is 6.36. The van der Waals surface area contributed by atoms with Crippen LogP contribution < -0.4 is 10.6 Å². The molecule has 30 heavy (non-hydrogen) atoms. The summed E-state index contributed by atoms with van der Waals surface area (Å²) >= 11 is 0. The highest BCUT2D eigenvalue weighted by Gasteiger charge is 2.32. The highest BCUT2D eigenvalue weighted by atomic mass is 16.5. The number of nitrogens with zero attached hydrogens (tertiary/aromatic N) is 1. The molecule has 0 spiro atoms. The summed E-state index contributed by atoms with van der Waals surface area (Å²) < 4.78 is 6.00. The molecule has 2 aromatic rings. The van der Waals surface area contributed by atoms with Gasteiger partial charge in [0.05, 0.1) is 5.57 Å². The second-order valence-corrected chi connectivity index (χ2v) is 8.39. The maximum atomic E-state index is 12.6. The van der Waals surface area contributed by atoms with E-state index in [1.807, 2.05) is 24.3 Å². The van der Waals surface area contributed by atoms with Crippen molar-refractivity contribution in [1.29, 1.82) is 0 Å². The number of fused-ring (bicyclic) bond motifs is 2. The standard InChI is InChI=1S/C25H29N3O2/c29-25-23(21-6-2-3-7-22(21)27-25)24-20-9-8-18(16-19(20)17-30-24)10-11-26-12-15-28-13-4-1-5-14-28/h2-3,6-9,16,26H,1,4-5,10-15,17H2,(H,27,29)/b24-23+. The molecule has 156 valence electrons. The summed E-state index contributed by atoms with van der Waals surface area (Å²) in [7, 11) is 0. The van der Waals surface area contributed by atoms with Crippen molar-refractivity contribution in [3.05, 3.63) is 64.7 Å². The quantitative estimate of drug-likeness (QED) is 0.571. The van der Waals surface area contributed by atoms with E-state index in [2.05, 4.69) is 33.7 Å². The van der Waals surface area contributed by atoms with Crippen molar-refractivity contribution < 1.29 is 9.53 Å². The molecule has 1 amide bonds. The van der Waals surface area contributed by atoms with Crippen LogP contribution >= 0.6 is 0 Å². The van der Waals surface area contributed by atoms with Gasteiger partial charge in [-0.15, -0.1) is 0 Å². The molecular formula is C25H29N3O2. The maximum absolute atomic E-state index is 12.6. The highest BCUT2D eigenvalue weighted by Crippen LogP contribution is 2.41. The Morgan fingerprint density at radius 1 is 1.00 bits per heavy atom. The van der Waals surface area contributed by atoms with Crippen LogP contribution in [0.15, 0.2) is 42.5 Å². The van der Waals surface area contributed by atoms with Crippen LogP contribution in [0.3, 0.4) is 0 Å². The molecular weight excluding hydrogens is 374 g/mol. The maximum Gasteiger partial charge on any atom is 0.260 e. The Hall–Kier alpha value is -2.63. The lowest BCUT2D eigenvalue weighted by Gasteiger charge is -2.26. The van der Waals surface area contributed by atoms with Crippen LogP contribution in [0.5, 0.6) is 0 Å². The van der Waals surface area contributed by atoms with Gasteiger partial charge in [0.1, 0.15) is 12.4 Å². The van der Waals surface area contributed by atoms with Crippen molar-refractivity contribution in [1.82, 2.24) is 10.2 Å². The summed E-state index contributed by atoms with van der Waals surface area (Å²) in [4.78, 5) is 15.1. The van der Waals surface area contributed by atoms with Crippen molar-refractivity contribution in [2.24, 2.45) is 0 Å². The molecule has 0 radical (unpaired) electrons. The number of amides is 1. The number of carbonyl (C=O) groups excluding carboxylic acids is 1. The number of para-hydroxylation sites is 1. The number of carbonyl (C=O) groups is 1. The molecule has 3 aliphatic rings. The predicted octanol–water partition coefficient (Wildman–Crippen LogP) is 3.66. The van der Waals surface area contributed by atoms with Crippen molar-refractivity contribution in [2.45, 2.75) is 32.3 Å². The lowest BCUT2D eigenvalue weighted by molar-refractivity contribution is -0.110. The van der Waals surface area contributed by atoms with E-state index in [-0.39, 0.29) is 5.91 Å². The number of hydrogen-bond donors (Lipinski definition) is 2. The second-order valence-electron chi connectivity index (χ2n) is 8.39. The molecule has 1 saturated heterocycles. The molecule has 1 fully saturated rings. The van der Waals surface area contributed by atoms with Gasteiger partial charge in [-0.1, -0.05) is 42.8 Å². The zero-order valence-electron chi connectivity index (χ0n) is 17.4. The summed E-state index contributed by atoms with van der Waals surface area (Å²) in [5.74, 6) is 0.625. The van der Waals surface area contributed by atoms with Gasteiger partial charge in [-0.3, -0.25) is 4.79 Å². The zero-order chi connectivity index (χ0) is 20.3. The first-order chi connectivity index (χ1) is 14.8. The van der Waals surface area contributed by atoms with Crippen molar-refractivity contribution in [3.8, 4) is 0 Å². The Balaban J connectivity index is 1.22. The molecule has 3 heterocycles. The summed E-state index contributed by atoms with van der Waals surface area (Å²) in [5, 5.41) is 6.53. The van der Waals surface area contributed by atoms with Crippen molar-refractivity contribution in [2.75, 3.05) is 38.0 Å². The van der Waals surface area contributed by atoms with E-state index in [9.17, 15) is 4.79 Å². The number of hydrogen-bond acceptors (Lipinski definition) is 4. The SMILES string of the molecule is O=C1Nc2ccccc2/C1=C1\OCc2cc(CCNCCN3CCCCC3)ccc21. The molecule has 0 aliphatic carbocycles. The molecule has 0 unspecified atom stereocenters. The van der Waals surface area contributed by atoms with Gasteiger partial charge < -0.3 is 20.3 Å². The van der Waals surface area contributed by atoms with Crippen LogP contribution in [0.4, 0.5) is 5.69 Å². The van der Waals surface area contributed by atoms with Crippen molar-refractivity contribution >= 4 is 22.9 Å². The average Bonchev–Trinajstić information content (AvgIpc) is 3.33. The normalized spacial score (nSPS) is 20.6. The second kappa shape index (κ2) is 8.62. The molecule has 5 nitrogen and oxygen atoms in total. The summed E-state index contributed by atoms with van der Waals surface area (Å²) in [6, 6.07) is 14.3. The topological polar surface area (TPSA) is 53.6 Å². The van der Waals surface area contributed by atoms with E-state index < -0.39 is 0 Å². The molecule has 0 atom stereocenters. The minimum absolute atomic E-state index is 0.0824. The average molecular weight is 404 g/mol. The minimum atomic E-state index is -0.0824. The van der Waals surface area contributed by atoms with Crippen LogP contribution in [-0.2, 0) is 22.6 Å². The molecule has 5 rings (SSSR count). The number of rotatable bonds is 6. The first-order valence-electron chi connectivity index (χ1n) is 11.1. The number of ether oxygens (including phenoxy) is 1. The Morgan fingerprint density at radius 2 is 1.87 bits per heavy atom. The number of anilines is 1. The fourth-order valence-electron chi connectivity index (χ4n) is 4.70. The van der Waals surface area contributed by atoms with Gasteiger partial charge in [0, 0.05) is 35.5 Å². The molecule has 0 bridgehead atoms. The summed E-state index contributed by atoms with van der Waals surface area (Å²) in [6.07, 6.45) is 5.09. The van der Waals surface area contributed by atoms with E-state index in [0.29, 0.717) is 17.9 Å². The van der Waals surface area contributed by atoms with Crippen LogP contribution in [-0.4, -0.2) is 43.5 Å². The molecule has 3 aliphatic heterocycles. The van der Waals surface area contributed by atoms with E-state index in [4.69, 9.17) is 4.74 Å². The van der Waals surface area contributed by atoms with E-state index in [1.54, 1.807) is 0 Å². The predicted molar refractivity (Wildman–Crippen MR) is 120 cm³/mol. The fraction of sp³-hybridized carbons (Fsp3) is 0.400. The largest absolute Gasteiger partial charge is 0.487 e. The van der Waals surface area contributed by atoms with Gasteiger partial charge in [0.2, 0.25) is 0 Å². The third-order valence-corrected chi connectivity index (χ3v) is 6.33. The van der Waals surface area contributed by atoms with Crippen LogP contribution in [0.2, 0.25) is 0 Å². The summed E-state index contributed by atoms with van der Waals surface area (Å²) in [5.41, 5.74) is 5.95. The fourth-order valence-corrected chi connectivity index (χ4v) is 4.70. The Bertz CT molecular complexity index is 976. The smallest absolute Gasteiger partial charge is 0.260 e.